The van der Waals surface area contributed by atoms with Gasteiger partial charge in [0.25, 0.3) is 5.91 Å². The fourth-order valence-corrected chi connectivity index (χ4v) is 11.4. The lowest BCUT2D eigenvalue weighted by molar-refractivity contribution is -0.166. The lowest BCUT2D eigenvalue weighted by Crippen LogP contribution is -2.47. The number of hydrogen-bond donors (Lipinski definition) is 5. The molecule has 3 aromatic carbocycles. The van der Waals surface area contributed by atoms with Crippen LogP contribution in [0, 0.1) is 47.8 Å². The number of anilines is 2. The Hall–Kier alpha value is -8.18. The van der Waals surface area contributed by atoms with Crippen LogP contribution in [-0.2, 0) is 52.5 Å². The molecule has 0 aliphatic carbocycles. The maximum absolute atomic E-state index is 15.1. The number of fused-ring (bicyclic) bond motifs is 14. The highest BCUT2D eigenvalue weighted by molar-refractivity contribution is 6.17. The number of carbonyl (C=O) groups excluding carboxylic acids is 7. The standard InChI is InChI=1S/C64H81N5O18/c1-32(2)28-68-20-22-69(23-21-68)42-25-43(73)51-44(26-42)85-60-52(66-51)48-49-55(78)39(9)59-50(48)61(80)64(13,87-59)83-24-19-33(3)36(6)58(84-40(10)72)38(8)54(77)37(7)57(34(4)15-14-16-35(5)62(81)67-53(60)56(49)79)86-47(76)27-63(11,12)31-82-46(75)18-17-45(74)65-41(29-70)30-71/h14-16,19,24-26,29-30,32-34,36-38,41,54,57-58,77-78,80H,17-18,20-23,27-28,31H2,1-13H3,(H,65,74)(H,67,81)/b15-14+,24-19+,35-16-/t33-,34-,36+,37-,38+,54+,57-,58+,64-/m0/s1. The van der Waals surface area contributed by atoms with Gasteiger partial charge in [0.05, 0.1) is 42.4 Å². The molecule has 5 heterocycles. The fraction of sp³-hybridized carbons (Fsp3) is 0.531. The maximum atomic E-state index is 15.1. The molecule has 2 amide bonds. The van der Waals surface area contributed by atoms with E-state index in [9.17, 15) is 53.7 Å². The molecule has 0 unspecified atom stereocenters. The molecule has 8 rings (SSSR count). The zero-order valence-electron chi connectivity index (χ0n) is 51.6. The highest BCUT2D eigenvalue weighted by atomic mass is 16.7. The number of hydrogen-bond acceptors (Lipinski definition) is 21. The summed E-state index contributed by atoms with van der Waals surface area (Å²) >= 11 is 0. The second-order valence-electron chi connectivity index (χ2n) is 24.7. The smallest absolute Gasteiger partial charge is 0.307 e. The van der Waals surface area contributed by atoms with E-state index in [1.165, 1.54) is 52.2 Å². The van der Waals surface area contributed by atoms with Gasteiger partial charge in [-0.1, -0.05) is 80.5 Å². The van der Waals surface area contributed by atoms with Crippen LogP contribution in [-0.4, -0.2) is 137 Å². The summed E-state index contributed by atoms with van der Waals surface area (Å²) < 4.78 is 36.7. The summed E-state index contributed by atoms with van der Waals surface area (Å²) in [4.78, 5) is 127. The Morgan fingerprint density at radius 2 is 1.55 bits per heavy atom. The van der Waals surface area contributed by atoms with Gasteiger partial charge in [-0.25, -0.2) is 4.98 Å². The van der Waals surface area contributed by atoms with Gasteiger partial charge in [-0.3, -0.25) is 38.5 Å². The molecule has 4 aromatic rings. The minimum Gasteiger partial charge on any atom is -0.507 e. The predicted molar refractivity (Wildman–Crippen MR) is 323 cm³/mol. The number of benzene rings is 3. The van der Waals surface area contributed by atoms with E-state index in [2.05, 4.69) is 34.3 Å². The normalized spacial score (nSPS) is 25.6. The molecule has 1 fully saturated rings. The van der Waals surface area contributed by atoms with Gasteiger partial charge in [0, 0.05) is 111 Å². The largest absolute Gasteiger partial charge is 0.507 e. The number of carbonyl (C=O) groups is 7. The number of nitrogens with one attached hydrogen (secondary N) is 2. The van der Waals surface area contributed by atoms with Gasteiger partial charge in [0.1, 0.15) is 53.5 Å². The highest BCUT2D eigenvalue weighted by Gasteiger charge is 2.45. The summed E-state index contributed by atoms with van der Waals surface area (Å²) in [5.74, 6) is -9.75. The number of aromatic nitrogens is 1. The molecule has 1 aromatic heterocycles. The van der Waals surface area contributed by atoms with Crippen molar-refractivity contribution >= 4 is 92.4 Å². The first-order valence-corrected chi connectivity index (χ1v) is 29.4. The van der Waals surface area contributed by atoms with Gasteiger partial charge in [-0.15, -0.1) is 0 Å². The van der Waals surface area contributed by atoms with E-state index in [-0.39, 0.29) is 93.5 Å². The van der Waals surface area contributed by atoms with Crippen molar-refractivity contribution in [2.45, 2.75) is 139 Å². The van der Waals surface area contributed by atoms with Crippen LogP contribution in [0.15, 0.2) is 62.3 Å². The van der Waals surface area contributed by atoms with Crippen LogP contribution in [0.5, 0.6) is 11.5 Å². The number of aldehydes is 2. The number of aliphatic hydroxyl groups excluding tert-OH is 2. The van der Waals surface area contributed by atoms with Gasteiger partial charge in [-0.05, 0) is 37.7 Å². The number of allylic oxidation sites excluding steroid dienone is 3. The first kappa shape index (κ1) is 66.3. The van der Waals surface area contributed by atoms with E-state index in [1.807, 2.05) is 13.8 Å². The van der Waals surface area contributed by atoms with Crippen molar-refractivity contribution in [1.82, 2.24) is 15.2 Å². The Balaban J connectivity index is 1.31. The van der Waals surface area contributed by atoms with E-state index in [4.69, 9.17) is 33.1 Å². The minimum absolute atomic E-state index is 0.00483. The zero-order chi connectivity index (χ0) is 64.1. The Morgan fingerprint density at radius 3 is 2.20 bits per heavy atom. The molecular formula is C64H81N5O18. The van der Waals surface area contributed by atoms with Crippen LogP contribution < -0.4 is 36.3 Å². The van der Waals surface area contributed by atoms with Crippen molar-refractivity contribution in [3.05, 3.63) is 79.5 Å². The maximum Gasteiger partial charge on any atom is 0.307 e. The molecule has 1 saturated heterocycles. The molecule has 87 heavy (non-hydrogen) atoms. The molecule has 9 atom stereocenters. The van der Waals surface area contributed by atoms with Crippen molar-refractivity contribution in [3.63, 3.8) is 0 Å². The average molecular weight is 1210 g/mol. The first-order chi connectivity index (χ1) is 40.9. The first-order valence-electron chi connectivity index (χ1n) is 29.4. The number of phenols is 1. The Bertz CT molecular complexity index is 3610. The number of ether oxygens (including phenoxy) is 5. The summed E-state index contributed by atoms with van der Waals surface area (Å²) in [6, 6.07) is 1.76. The number of esters is 3. The number of piperazine rings is 1. The average Bonchev–Trinajstić information content (AvgIpc) is 1.69. The van der Waals surface area contributed by atoms with Crippen molar-refractivity contribution in [2.75, 3.05) is 49.5 Å². The molecule has 4 aliphatic heterocycles. The van der Waals surface area contributed by atoms with E-state index in [1.54, 1.807) is 52.8 Å². The quantitative estimate of drug-likeness (QED) is 0.0223. The number of nitrogens with zero attached hydrogens (tertiary/aromatic N) is 3. The summed E-state index contributed by atoms with van der Waals surface area (Å²) in [7, 11) is 0. The second kappa shape index (κ2) is 27.2. The van der Waals surface area contributed by atoms with Gasteiger partial charge in [0.2, 0.25) is 16.8 Å². The van der Waals surface area contributed by atoms with Crippen LogP contribution >= 0.6 is 0 Å². The number of aliphatic hydroxyl groups is 2. The second-order valence-corrected chi connectivity index (χ2v) is 24.7. The Kier molecular flexibility index (Phi) is 20.8. The third-order valence-electron chi connectivity index (χ3n) is 16.6. The molecule has 0 saturated carbocycles. The number of phenolic OH excluding ortho intramolecular Hbond substituents is 1. The number of amides is 2. The number of rotatable bonds is 15. The van der Waals surface area contributed by atoms with E-state index in [0.717, 1.165) is 19.6 Å². The summed E-state index contributed by atoms with van der Waals surface area (Å²) in [5.41, 5.74) is -2.85. The van der Waals surface area contributed by atoms with Crippen LogP contribution in [0.4, 0.5) is 11.4 Å². The molecule has 23 nitrogen and oxygen atoms in total. The lowest BCUT2D eigenvalue weighted by Gasteiger charge is -2.39. The monoisotopic (exact) mass is 1210 g/mol. The predicted octanol–water partition coefficient (Wildman–Crippen LogP) is 6.13. The van der Waals surface area contributed by atoms with Gasteiger partial charge in [0.15, 0.2) is 22.4 Å². The van der Waals surface area contributed by atoms with Crippen molar-refractivity contribution in [3.8, 4) is 11.5 Å². The summed E-state index contributed by atoms with van der Waals surface area (Å²) in [6.07, 6.45) is 3.68. The minimum atomic E-state index is -2.01. The summed E-state index contributed by atoms with van der Waals surface area (Å²) in [5, 5.41) is 40.9. The zero-order valence-corrected chi connectivity index (χ0v) is 51.6. The molecule has 0 radical (unpaired) electrons. The van der Waals surface area contributed by atoms with Gasteiger partial charge < -0.3 is 68.5 Å². The summed E-state index contributed by atoms with van der Waals surface area (Å²) in [6.45, 7) is 25.3. The fourth-order valence-electron chi connectivity index (χ4n) is 11.4. The third kappa shape index (κ3) is 14.8. The van der Waals surface area contributed by atoms with E-state index < -0.39 is 123 Å². The molecule has 0 spiro atoms. The van der Waals surface area contributed by atoms with E-state index >= 15 is 4.79 Å². The highest BCUT2D eigenvalue weighted by Crippen LogP contribution is 2.43. The molecule has 4 aliphatic rings. The van der Waals surface area contributed by atoms with Crippen LogP contribution in [0.25, 0.3) is 38.7 Å². The molecule has 23 heteroatoms. The van der Waals surface area contributed by atoms with Crippen LogP contribution in [0.1, 0.15) is 108 Å². The van der Waals surface area contributed by atoms with Crippen molar-refractivity contribution in [1.29, 1.82) is 0 Å². The molecule has 5 N–H and O–H groups in total. The molecule has 5 bridgehead atoms. The van der Waals surface area contributed by atoms with E-state index in [0.29, 0.717) is 24.7 Å². The number of aromatic hydroxyl groups is 1. The van der Waals surface area contributed by atoms with Crippen LogP contribution in [0.2, 0.25) is 0 Å². The molecule has 470 valence electrons. The van der Waals surface area contributed by atoms with Crippen LogP contribution in [0.3, 0.4) is 0 Å². The lowest BCUT2D eigenvalue weighted by atomic mass is 9.76. The van der Waals surface area contributed by atoms with Crippen molar-refractivity contribution in [2.24, 2.45) is 40.9 Å². The van der Waals surface area contributed by atoms with Gasteiger partial charge >= 0.3 is 23.7 Å². The van der Waals surface area contributed by atoms with Crippen molar-refractivity contribution < 1.29 is 77.0 Å². The topological polar surface area (TPSA) is 317 Å². The third-order valence-corrected chi connectivity index (χ3v) is 16.6. The molecular weight excluding hydrogens is 1130 g/mol. The Morgan fingerprint density at radius 1 is 0.885 bits per heavy atom. The Labute approximate surface area is 503 Å². The SMILES string of the molecule is CC(=O)O[C@H]1[C@H](C)[C@H](O)[C@H](C)[C@@H](OC(=O)CC(C)(C)COC(=O)CCC(=O)NC(C=O)C=O)[C@@H](C)/C=C/C=C(/C)C(=O)Nc2c(=O)c3c(O)c(C)c4c(c3c3nc5c(=O)cc(N6CCN(CC(C)C)CC6)cc5oc23)=C(O)[C@@](C)(O/C=C/[C@H](C)[C@H]1C)O4. The van der Waals surface area contributed by atoms with Gasteiger partial charge in [-0.2, -0.15) is 0 Å².